The molecular weight excluding hydrogens is 336 g/mol. The Morgan fingerprint density at radius 2 is 1.56 bits per heavy atom. The minimum Gasteiger partial charge on any atom is -0.416 e. The van der Waals surface area contributed by atoms with Gasteiger partial charge in [-0.1, -0.05) is 29.8 Å². The summed E-state index contributed by atoms with van der Waals surface area (Å²) >= 11 is 5.93. The number of hydrogen-bond donors (Lipinski definition) is 0. The molecule has 2 heterocycles. The van der Waals surface area contributed by atoms with Gasteiger partial charge in [0, 0.05) is 10.6 Å². The van der Waals surface area contributed by atoms with Gasteiger partial charge in [0.15, 0.2) is 0 Å². The Labute approximate surface area is 149 Å². The van der Waals surface area contributed by atoms with E-state index >= 15 is 0 Å². The number of rotatable bonds is 3. The van der Waals surface area contributed by atoms with Crippen LogP contribution in [0.3, 0.4) is 0 Å². The van der Waals surface area contributed by atoms with Gasteiger partial charge in [-0.3, -0.25) is 0 Å². The number of aromatic nitrogens is 4. The molecule has 2 aromatic heterocycles. The van der Waals surface area contributed by atoms with E-state index in [1.165, 1.54) is 0 Å². The number of nitrogens with zero attached hydrogens (tertiary/aromatic N) is 4. The van der Waals surface area contributed by atoms with Crippen LogP contribution in [0.15, 0.2) is 59.0 Å². The number of aryl methyl sites for hydroxylation is 1. The van der Waals surface area contributed by atoms with Crippen molar-refractivity contribution < 1.29 is 4.42 Å². The summed E-state index contributed by atoms with van der Waals surface area (Å²) in [5.41, 5.74) is 4.47. The number of para-hydroxylation sites is 1. The topological polar surface area (TPSA) is 56.7 Å². The molecule has 0 radical (unpaired) electrons. The van der Waals surface area contributed by atoms with Crippen molar-refractivity contribution in [2.75, 3.05) is 0 Å². The minimum absolute atomic E-state index is 0.456. The van der Waals surface area contributed by atoms with Crippen LogP contribution in [0.25, 0.3) is 28.6 Å². The van der Waals surface area contributed by atoms with Gasteiger partial charge in [-0.15, -0.1) is 10.2 Å². The molecule has 6 heteroatoms. The van der Waals surface area contributed by atoms with Crippen molar-refractivity contribution in [1.82, 2.24) is 20.0 Å². The van der Waals surface area contributed by atoms with Crippen molar-refractivity contribution in [3.05, 3.63) is 71.0 Å². The van der Waals surface area contributed by atoms with Crippen LogP contribution in [0.5, 0.6) is 0 Å². The first-order valence-corrected chi connectivity index (χ1v) is 8.23. The third kappa shape index (κ3) is 2.83. The second-order valence-corrected chi connectivity index (χ2v) is 6.15. The summed E-state index contributed by atoms with van der Waals surface area (Å²) in [5.74, 6) is 0.917. The predicted octanol–water partition coefficient (Wildman–Crippen LogP) is 4.86. The summed E-state index contributed by atoms with van der Waals surface area (Å²) < 4.78 is 7.77. The van der Waals surface area contributed by atoms with E-state index in [-0.39, 0.29) is 0 Å². The van der Waals surface area contributed by atoms with Crippen LogP contribution in [-0.2, 0) is 0 Å². The van der Waals surface area contributed by atoms with Crippen LogP contribution in [0, 0.1) is 13.8 Å². The molecular formula is C19H15ClN4O. The van der Waals surface area contributed by atoms with Gasteiger partial charge in [-0.25, -0.2) is 4.68 Å². The lowest BCUT2D eigenvalue weighted by molar-refractivity contribution is 0.583. The lowest BCUT2D eigenvalue weighted by Crippen LogP contribution is -1.98. The van der Waals surface area contributed by atoms with Gasteiger partial charge in [0.1, 0.15) is 0 Å². The SMILES string of the molecule is Cc1nn(-c2ccccc2)c(C)c1-c1nnc(-c2ccc(Cl)cc2)o1. The summed E-state index contributed by atoms with van der Waals surface area (Å²) in [5, 5.41) is 13.7. The van der Waals surface area contributed by atoms with E-state index in [1.807, 2.05) is 61.0 Å². The molecule has 0 aliphatic rings. The highest BCUT2D eigenvalue weighted by molar-refractivity contribution is 6.30. The maximum Gasteiger partial charge on any atom is 0.251 e. The molecule has 0 saturated heterocycles. The highest BCUT2D eigenvalue weighted by Crippen LogP contribution is 2.30. The molecule has 0 unspecified atom stereocenters. The average Bonchev–Trinajstić information content (AvgIpc) is 3.21. The highest BCUT2D eigenvalue weighted by atomic mass is 35.5. The molecule has 0 aliphatic carbocycles. The lowest BCUT2D eigenvalue weighted by atomic mass is 10.2. The molecule has 2 aromatic carbocycles. The quantitative estimate of drug-likeness (QED) is 0.529. The van der Waals surface area contributed by atoms with Crippen molar-refractivity contribution in [3.63, 3.8) is 0 Å². The highest BCUT2D eigenvalue weighted by Gasteiger charge is 2.20. The predicted molar refractivity (Wildman–Crippen MR) is 96.8 cm³/mol. The zero-order chi connectivity index (χ0) is 17.4. The van der Waals surface area contributed by atoms with Crippen LogP contribution in [0.2, 0.25) is 5.02 Å². The Morgan fingerprint density at radius 3 is 2.28 bits per heavy atom. The van der Waals surface area contributed by atoms with Crippen molar-refractivity contribution >= 4 is 11.6 Å². The first-order chi connectivity index (χ1) is 12.1. The number of benzene rings is 2. The van der Waals surface area contributed by atoms with Gasteiger partial charge in [-0.05, 0) is 50.2 Å². The molecule has 4 aromatic rings. The molecule has 0 saturated carbocycles. The van der Waals surface area contributed by atoms with Crippen LogP contribution in [0.4, 0.5) is 0 Å². The molecule has 4 rings (SSSR count). The Hall–Kier alpha value is -2.92. The summed E-state index contributed by atoms with van der Waals surface area (Å²) in [6.07, 6.45) is 0. The molecule has 0 bridgehead atoms. The molecule has 0 amide bonds. The Balaban J connectivity index is 1.76. The summed E-state index contributed by atoms with van der Waals surface area (Å²) in [6.45, 7) is 3.93. The maximum atomic E-state index is 5.93. The van der Waals surface area contributed by atoms with E-state index in [4.69, 9.17) is 16.0 Å². The van der Waals surface area contributed by atoms with E-state index in [2.05, 4.69) is 15.3 Å². The van der Waals surface area contributed by atoms with Gasteiger partial charge < -0.3 is 4.42 Å². The van der Waals surface area contributed by atoms with Crippen LogP contribution in [0.1, 0.15) is 11.4 Å². The van der Waals surface area contributed by atoms with Crippen LogP contribution < -0.4 is 0 Å². The van der Waals surface area contributed by atoms with Crippen molar-refractivity contribution in [1.29, 1.82) is 0 Å². The molecule has 0 atom stereocenters. The largest absolute Gasteiger partial charge is 0.416 e. The lowest BCUT2D eigenvalue weighted by Gasteiger charge is -2.03. The first kappa shape index (κ1) is 15.6. The summed E-state index contributed by atoms with van der Waals surface area (Å²) in [7, 11) is 0. The fourth-order valence-corrected chi connectivity index (χ4v) is 2.93. The van der Waals surface area contributed by atoms with Gasteiger partial charge in [-0.2, -0.15) is 5.10 Å². The summed E-state index contributed by atoms with van der Waals surface area (Å²) in [4.78, 5) is 0. The molecule has 25 heavy (non-hydrogen) atoms. The molecule has 0 N–H and O–H groups in total. The third-order valence-corrected chi connectivity index (χ3v) is 4.27. The van der Waals surface area contributed by atoms with E-state index in [0.29, 0.717) is 16.8 Å². The van der Waals surface area contributed by atoms with E-state index in [0.717, 1.165) is 28.2 Å². The maximum absolute atomic E-state index is 5.93. The van der Waals surface area contributed by atoms with Crippen LogP contribution in [-0.4, -0.2) is 20.0 Å². The number of halogens is 1. The monoisotopic (exact) mass is 350 g/mol. The smallest absolute Gasteiger partial charge is 0.251 e. The Morgan fingerprint density at radius 1 is 0.880 bits per heavy atom. The second kappa shape index (κ2) is 6.18. The van der Waals surface area contributed by atoms with Gasteiger partial charge in [0.05, 0.1) is 22.6 Å². The fraction of sp³-hybridized carbons (Fsp3) is 0.105. The van der Waals surface area contributed by atoms with Gasteiger partial charge >= 0.3 is 0 Å². The zero-order valence-electron chi connectivity index (χ0n) is 13.8. The molecule has 124 valence electrons. The third-order valence-electron chi connectivity index (χ3n) is 4.02. The molecule has 0 spiro atoms. The Kier molecular flexibility index (Phi) is 3.86. The molecule has 0 fully saturated rings. The van der Waals surface area contributed by atoms with Gasteiger partial charge in [0.2, 0.25) is 5.89 Å². The van der Waals surface area contributed by atoms with Crippen LogP contribution >= 0.6 is 11.6 Å². The molecule has 5 nitrogen and oxygen atoms in total. The molecule has 0 aliphatic heterocycles. The van der Waals surface area contributed by atoms with E-state index in [9.17, 15) is 0 Å². The standard InChI is InChI=1S/C19H15ClN4O/c1-12-17(13(2)24(23-12)16-6-4-3-5-7-16)19-22-21-18(25-19)14-8-10-15(20)11-9-14/h3-11H,1-2H3. The van der Waals surface area contributed by atoms with E-state index in [1.54, 1.807) is 12.1 Å². The van der Waals surface area contributed by atoms with Crippen molar-refractivity contribution in [2.45, 2.75) is 13.8 Å². The van der Waals surface area contributed by atoms with E-state index < -0.39 is 0 Å². The van der Waals surface area contributed by atoms with Gasteiger partial charge in [0.25, 0.3) is 5.89 Å². The zero-order valence-corrected chi connectivity index (χ0v) is 14.5. The normalized spacial score (nSPS) is 11.0. The first-order valence-electron chi connectivity index (χ1n) is 7.85. The summed E-state index contributed by atoms with van der Waals surface area (Å²) in [6, 6.07) is 17.3. The average molecular weight is 351 g/mol. The second-order valence-electron chi connectivity index (χ2n) is 5.71. The van der Waals surface area contributed by atoms with Crippen molar-refractivity contribution in [2.24, 2.45) is 0 Å². The van der Waals surface area contributed by atoms with Crippen molar-refractivity contribution in [3.8, 4) is 28.6 Å². The fourth-order valence-electron chi connectivity index (χ4n) is 2.81. The minimum atomic E-state index is 0.456. The number of hydrogen-bond acceptors (Lipinski definition) is 4. The Bertz CT molecular complexity index is 1020.